The number of rotatable bonds is 4. The lowest BCUT2D eigenvalue weighted by molar-refractivity contribution is 0.810. The third kappa shape index (κ3) is 3.62. The van der Waals surface area contributed by atoms with Crippen LogP contribution >= 0.6 is 23.2 Å². The maximum atomic E-state index is 6.16. The Morgan fingerprint density at radius 2 is 1.74 bits per heavy atom. The Morgan fingerprint density at radius 3 is 2.37 bits per heavy atom. The van der Waals surface area contributed by atoms with Crippen LogP contribution in [-0.2, 0) is 6.54 Å². The molecule has 0 aliphatic rings. The number of halogens is 2. The molecular weight excluding hydrogens is 279 g/mol. The topological polar surface area (TPSA) is 16.1 Å². The summed E-state index contributed by atoms with van der Waals surface area (Å²) in [6.07, 6.45) is 0. The van der Waals surface area contributed by atoms with E-state index in [0.29, 0.717) is 16.7 Å². The molecule has 1 heterocycles. The summed E-state index contributed by atoms with van der Waals surface area (Å²) < 4.78 is 0. The Balaban J connectivity index is 2.23. The van der Waals surface area contributed by atoms with E-state index in [1.807, 2.05) is 0 Å². The molecule has 0 atom stereocenters. The van der Waals surface area contributed by atoms with Crippen LogP contribution in [0.1, 0.15) is 18.2 Å². The van der Waals surface area contributed by atoms with Crippen molar-refractivity contribution in [3.63, 3.8) is 0 Å². The maximum absolute atomic E-state index is 6.16. The fraction of sp³-hybridized carbons (Fsp3) is 0.267. The van der Waals surface area contributed by atoms with Crippen molar-refractivity contribution in [1.29, 1.82) is 0 Å². The summed E-state index contributed by atoms with van der Waals surface area (Å²) in [5.74, 6) is 0. The van der Waals surface area contributed by atoms with E-state index in [4.69, 9.17) is 23.2 Å². The highest BCUT2D eigenvalue weighted by molar-refractivity contribution is 6.32. The minimum atomic E-state index is 0.472. The number of benzene rings is 1. The van der Waals surface area contributed by atoms with Crippen LogP contribution in [0.4, 0.5) is 5.69 Å². The molecule has 0 unspecified atom stereocenters. The van der Waals surface area contributed by atoms with Crippen LogP contribution in [0, 0.1) is 6.92 Å². The van der Waals surface area contributed by atoms with Crippen molar-refractivity contribution in [2.45, 2.75) is 20.4 Å². The summed E-state index contributed by atoms with van der Waals surface area (Å²) in [7, 11) is 0. The Bertz CT molecular complexity index is 553. The van der Waals surface area contributed by atoms with Gasteiger partial charge in [-0.25, -0.2) is 4.98 Å². The standard InChI is InChI=1S/C15H16Cl2N2/c1-3-19(12-6-4-11(2)5-7-12)10-14-13(16)8-9-15(17)18-14/h4-9H,3,10H2,1-2H3. The van der Waals surface area contributed by atoms with Crippen LogP contribution in [0.3, 0.4) is 0 Å². The van der Waals surface area contributed by atoms with Crippen molar-refractivity contribution in [2.24, 2.45) is 0 Å². The highest BCUT2D eigenvalue weighted by atomic mass is 35.5. The van der Waals surface area contributed by atoms with Gasteiger partial charge in [0.2, 0.25) is 0 Å². The average molecular weight is 295 g/mol. The maximum Gasteiger partial charge on any atom is 0.129 e. The van der Waals surface area contributed by atoms with Crippen LogP contribution in [0.15, 0.2) is 36.4 Å². The molecule has 0 amide bonds. The van der Waals surface area contributed by atoms with Gasteiger partial charge in [-0.3, -0.25) is 0 Å². The Labute approximate surface area is 124 Å². The molecule has 0 saturated carbocycles. The van der Waals surface area contributed by atoms with Gasteiger partial charge >= 0.3 is 0 Å². The van der Waals surface area contributed by atoms with Crippen molar-refractivity contribution < 1.29 is 0 Å². The number of anilines is 1. The molecule has 2 aromatic rings. The van der Waals surface area contributed by atoms with Crippen LogP contribution in [0.5, 0.6) is 0 Å². The minimum Gasteiger partial charge on any atom is -0.366 e. The molecule has 0 aliphatic heterocycles. The molecule has 0 saturated heterocycles. The second-order valence-electron chi connectivity index (χ2n) is 4.41. The van der Waals surface area contributed by atoms with E-state index >= 15 is 0 Å². The molecule has 0 spiro atoms. The number of nitrogens with zero attached hydrogens (tertiary/aromatic N) is 2. The third-order valence-corrected chi connectivity index (χ3v) is 3.56. The monoisotopic (exact) mass is 294 g/mol. The Morgan fingerprint density at radius 1 is 1.05 bits per heavy atom. The fourth-order valence-electron chi connectivity index (χ4n) is 1.89. The summed E-state index contributed by atoms with van der Waals surface area (Å²) in [6.45, 7) is 5.72. The van der Waals surface area contributed by atoms with Gasteiger partial charge in [-0.05, 0) is 38.1 Å². The molecule has 19 heavy (non-hydrogen) atoms. The van der Waals surface area contributed by atoms with Gasteiger partial charge in [-0.1, -0.05) is 40.9 Å². The third-order valence-electron chi connectivity index (χ3n) is 3.01. The van der Waals surface area contributed by atoms with Crippen LogP contribution in [-0.4, -0.2) is 11.5 Å². The first kappa shape index (κ1) is 14.2. The van der Waals surface area contributed by atoms with Gasteiger partial charge in [-0.2, -0.15) is 0 Å². The number of hydrogen-bond donors (Lipinski definition) is 0. The molecule has 2 nitrogen and oxygen atoms in total. The van der Waals surface area contributed by atoms with Gasteiger partial charge in [0.15, 0.2) is 0 Å². The zero-order valence-corrected chi connectivity index (χ0v) is 12.5. The molecule has 0 radical (unpaired) electrons. The summed E-state index contributed by atoms with van der Waals surface area (Å²) in [5.41, 5.74) is 3.21. The molecule has 1 aromatic carbocycles. The zero-order chi connectivity index (χ0) is 13.8. The molecule has 0 aliphatic carbocycles. The second kappa shape index (κ2) is 6.27. The van der Waals surface area contributed by atoms with E-state index in [1.165, 1.54) is 5.56 Å². The second-order valence-corrected chi connectivity index (χ2v) is 5.21. The number of aromatic nitrogens is 1. The quantitative estimate of drug-likeness (QED) is 0.758. The van der Waals surface area contributed by atoms with Gasteiger partial charge < -0.3 is 4.90 Å². The SMILES string of the molecule is CCN(Cc1nc(Cl)ccc1Cl)c1ccc(C)cc1. The first-order valence-electron chi connectivity index (χ1n) is 6.22. The fourth-order valence-corrected chi connectivity index (χ4v) is 2.22. The summed E-state index contributed by atoms with van der Waals surface area (Å²) in [4.78, 5) is 6.51. The first-order chi connectivity index (χ1) is 9.10. The predicted molar refractivity (Wildman–Crippen MR) is 82.2 cm³/mol. The summed E-state index contributed by atoms with van der Waals surface area (Å²) >= 11 is 12.1. The van der Waals surface area contributed by atoms with Crippen molar-refractivity contribution in [1.82, 2.24) is 4.98 Å². The van der Waals surface area contributed by atoms with Gasteiger partial charge in [0.1, 0.15) is 5.15 Å². The number of pyridine rings is 1. The average Bonchev–Trinajstić information content (AvgIpc) is 2.41. The molecule has 2 rings (SSSR count). The lowest BCUT2D eigenvalue weighted by Crippen LogP contribution is -2.22. The summed E-state index contributed by atoms with van der Waals surface area (Å²) in [5, 5.41) is 1.12. The van der Waals surface area contributed by atoms with Crippen molar-refractivity contribution in [3.8, 4) is 0 Å². The summed E-state index contributed by atoms with van der Waals surface area (Å²) in [6, 6.07) is 11.9. The Kier molecular flexibility index (Phi) is 4.67. The number of hydrogen-bond acceptors (Lipinski definition) is 2. The van der Waals surface area contributed by atoms with E-state index in [2.05, 4.69) is 48.0 Å². The highest BCUT2D eigenvalue weighted by Gasteiger charge is 2.09. The van der Waals surface area contributed by atoms with E-state index in [1.54, 1.807) is 12.1 Å². The zero-order valence-electron chi connectivity index (χ0n) is 11.0. The number of aryl methyl sites for hydroxylation is 1. The largest absolute Gasteiger partial charge is 0.366 e. The van der Waals surface area contributed by atoms with Gasteiger partial charge in [0.25, 0.3) is 0 Å². The lowest BCUT2D eigenvalue weighted by atomic mass is 10.2. The normalized spacial score (nSPS) is 10.5. The van der Waals surface area contributed by atoms with Crippen LogP contribution in [0.2, 0.25) is 10.2 Å². The van der Waals surface area contributed by atoms with Crippen molar-refractivity contribution in [3.05, 3.63) is 57.8 Å². The molecular formula is C15H16Cl2N2. The molecule has 0 bridgehead atoms. The lowest BCUT2D eigenvalue weighted by Gasteiger charge is -2.23. The van der Waals surface area contributed by atoms with E-state index in [0.717, 1.165) is 17.9 Å². The minimum absolute atomic E-state index is 0.472. The molecule has 0 fully saturated rings. The highest BCUT2D eigenvalue weighted by Crippen LogP contribution is 2.22. The van der Waals surface area contributed by atoms with Crippen LogP contribution < -0.4 is 4.90 Å². The van der Waals surface area contributed by atoms with Gasteiger partial charge in [0, 0.05) is 12.2 Å². The molecule has 4 heteroatoms. The first-order valence-corrected chi connectivity index (χ1v) is 6.98. The van der Waals surface area contributed by atoms with Crippen LogP contribution in [0.25, 0.3) is 0 Å². The van der Waals surface area contributed by atoms with E-state index in [9.17, 15) is 0 Å². The van der Waals surface area contributed by atoms with Crippen molar-refractivity contribution >= 4 is 28.9 Å². The van der Waals surface area contributed by atoms with Gasteiger partial charge in [0.05, 0.1) is 17.3 Å². The molecule has 0 N–H and O–H groups in total. The van der Waals surface area contributed by atoms with Crippen molar-refractivity contribution in [2.75, 3.05) is 11.4 Å². The van der Waals surface area contributed by atoms with Gasteiger partial charge in [-0.15, -0.1) is 0 Å². The van der Waals surface area contributed by atoms with E-state index < -0.39 is 0 Å². The Hall–Kier alpha value is -1.25. The molecule has 1 aromatic heterocycles. The predicted octanol–water partition coefficient (Wildman–Crippen LogP) is 4.72. The smallest absolute Gasteiger partial charge is 0.129 e. The molecule has 100 valence electrons. The van der Waals surface area contributed by atoms with E-state index in [-0.39, 0.29) is 0 Å².